The molecule has 12 heavy (non-hydrogen) atoms. The maximum Gasteiger partial charge on any atom is 0.0671 e. The van der Waals surface area contributed by atoms with Gasteiger partial charge >= 0.3 is 0 Å². The minimum atomic E-state index is 0.299. The Morgan fingerprint density at radius 1 is 1.33 bits per heavy atom. The molecule has 72 valence electrons. The molecule has 1 fully saturated rings. The van der Waals surface area contributed by atoms with Crippen LogP contribution in [0.4, 0.5) is 0 Å². The highest BCUT2D eigenvalue weighted by atomic mass is 16.5. The van der Waals surface area contributed by atoms with Gasteiger partial charge < -0.3 is 4.74 Å². The summed E-state index contributed by atoms with van der Waals surface area (Å²) in [5, 5.41) is 0. The molecule has 0 atom stereocenters. The average molecular weight is 171 g/mol. The monoisotopic (exact) mass is 171 g/mol. The maximum absolute atomic E-state index is 5.23. The van der Waals surface area contributed by atoms with Crippen LogP contribution in [0.3, 0.4) is 0 Å². The molecule has 1 saturated heterocycles. The average Bonchev–Trinajstić information content (AvgIpc) is 1.78. The number of nitrogens with zero attached hydrogens (tertiary/aromatic N) is 1. The van der Waals surface area contributed by atoms with E-state index in [9.17, 15) is 0 Å². The Morgan fingerprint density at radius 3 is 2.08 bits per heavy atom. The zero-order chi connectivity index (χ0) is 9.41. The lowest BCUT2D eigenvalue weighted by Gasteiger charge is -2.47. The lowest BCUT2D eigenvalue weighted by molar-refractivity contribution is -0.128. The summed E-state index contributed by atoms with van der Waals surface area (Å²) in [6.07, 6.45) is 0. The second kappa shape index (κ2) is 3.00. The first-order valence-electron chi connectivity index (χ1n) is 4.63. The fourth-order valence-corrected chi connectivity index (χ4v) is 1.52. The minimum Gasteiger partial charge on any atom is -0.377 e. The van der Waals surface area contributed by atoms with E-state index in [4.69, 9.17) is 4.74 Å². The normalized spacial score (nSPS) is 22.5. The van der Waals surface area contributed by atoms with Crippen LogP contribution in [0.15, 0.2) is 0 Å². The molecule has 1 aliphatic heterocycles. The van der Waals surface area contributed by atoms with Crippen LogP contribution in [0, 0.1) is 5.41 Å². The van der Waals surface area contributed by atoms with Crippen molar-refractivity contribution in [3.63, 3.8) is 0 Å². The first-order chi connectivity index (χ1) is 5.33. The van der Waals surface area contributed by atoms with E-state index in [-0.39, 0.29) is 0 Å². The highest BCUT2D eigenvalue weighted by Gasteiger charge is 2.38. The molecule has 1 rings (SSSR count). The zero-order valence-corrected chi connectivity index (χ0v) is 8.98. The molecule has 0 bridgehead atoms. The summed E-state index contributed by atoms with van der Waals surface area (Å²) in [6.45, 7) is 12.0. The van der Waals surface area contributed by atoms with Crippen LogP contribution < -0.4 is 0 Å². The zero-order valence-electron chi connectivity index (χ0n) is 8.98. The first kappa shape index (κ1) is 10.0. The van der Waals surface area contributed by atoms with Gasteiger partial charge in [-0.15, -0.1) is 0 Å². The van der Waals surface area contributed by atoms with E-state index in [1.54, 1.807) is 0 Å². The fraction of sp³-hybridized carbons (Fsp3) is 1.00. The van der Waals surface area contributed by atoms with E-state index in [1.165, 1.54) is 0 Å². The summed E-state index contributed by atoms with van der Waals surface area (Å²) in [5.74, 6) is 0. The summed E-state index contributed by atoms with van der Waals surface area (Å²) < 4.78 is 5.23. The molecule has 0 aromatic rings. The Balaban J connectivity index is 2.42. The van der Waals surface area contributed by atoms with Gasteiger partial charge in [0.15, 0.2) is 0 Å². The largest absolute Gasteiger partial charge is 0.377 e. The van der Waals surface area contributed by atoms with Gasteiger partial charge in [-0.25, -0.2) is 0 Å². The minimum absolute atomic E-state index is 0.299. The van der Waals surface area contributed by atoms with Crippen LogP contribution >= 0.6 is 0 Å². The van der Waals surface area contributed by atoms with Gasteiger partial charge in [0.25, 0.3) is 0 Å². The molecular formula is C10H21NO. The predicted octanol–water partition coefficient (Wildman–Crippen LogP) is 1.75. The second-order valence-corrected chi connectivity index (χ2v) is 5.41. The van der Waals surface area contributed by atoms with E-state index < -0.39 is 0 Å². The maximum atomic E-state index is 5.23. The number of likely N-dealkylation sites (N-methyl/N-ethyl adjacent to an activating group) is 1. The molecule has 1 heterocycles. The van der Waals surface area contributed by atoms with Crippen LogP contribution in [-0.2, 0) is 4.74 Å². The van der Waals surface area contributed by atoms with Crippen molar-refractivity contribution in [2.24, 2.45) is 5.41 Å². The molecule has 0 aliphatic carbocycles. The fourth-order valence-electron chi connectivity index (χ4n) is 1.52. The molecule has 0 aromatic carbocycles. The molecule has 0 spiro atoms. The van der Waals surface area contributed by atoms with Gasteiger partial charge in [0.05, 0.1) is 18.8 Å². The highest BCUT2D eigenvalue weighted by molar-refractivity contribution is 4.91. The van der Waals surface area contributed by atoms with Crippen molar-refractivity contribution in [1.29, 1.82) is 0 Å². The van der Waals surface area contributed by atoms with Crippen molar-refractivity contribution in [3.05, 3.63) is 0 Å². The van der Waals surface area contributed by atoms with Gasteiger partial charge in [-0.3, -0.25) is 4.90 Å². The van der Waals surface area contributed by atoms with Crippen molar-refractivity contribution in [2.45, 2.75) is 33.2 Å². The van der Waals surface area contributed by atoms with E-state index in [1.807, 2.05) is 0 Å². The van der Waals surface area contributed by atoms with E-state index in [2.05, 4.69) is 39.6 Å². The summed E-state index contributed by atoms with van der Waals surface area (Å²) in [6, 6.07) is 0. The molecule has 2 nitrogen and oxygen atoms in total. The molecule has 1 aliphatic rings. The Kier molecular flexibility index (Phi) is 2.50. The molecule has 0 radical (unpaired) electrons. The molecular weight excluding hydrogens is 150 g/mol. The van der Waals surface area contributed by atoms with Gasteiger partial charge in [0.2, 0.25) is 0 Å². The molecule has 2 heteroatoms. The molecule has 0 N–H and O–H groups in total. The Labute approximate surface area is 75.9 Å². The smallest absolute Gasteiger partial charge is 0.0671 e. The van der Waals surface area contributed by atoms with Crippen LogP contribution in [0.5, 0.6) is 0 Å². The van der Waals surface area contributed by atoms with E-state index in [0.717, 1.165) is 19.8 Å². The van der Waals surface area contributed by atoms with Gasteiger partial charge in [-0.2, -0.15) is 0 Å². The van der Waals surface area contributed by atoms with Gasteiger partial charge in [-0.1, -0.05) is 20.8 Å². The van der Waals surface area contributed by atoms with Crippen molar-refractivity contribution in [1.82, 2.24) is 4.90 Å². The third-order valence-corrected chi connectivity index (χ3v) is 2.46. The van der Waals surface area contributed by atoms with Crippen LogP contribution in [0.25, 0.3) is 0 Å². The standard InChI is InChI=1S/C10H21NO/c1-9(2,3)6-11(5)10(4)7-12-8-10/h6-8H2,1-5H3. The third-order valence-electron chi connectivity index (χ3n) is 2.46. The number of hydrogen-bond acceptors (Lipinski definition) is 2. The summed E-state index contributed by atoms with van der Waals surface area (Å²) in [5.41, 5.74) is 0.681. The Bertz CT molecular complexity index is 156. The lowest BCUT2D eigenvalue weighted by atomic mass is 9.91. The summed E-state index contributed by atoms with van der Waals surface area (Å²) in [4.78, 5) is 2.41. The second-order valence-electron chi connectivity index (χ2n) is 5.41. The van der Waals surface area contributed by atoms with E-state index in [0.29, 0.717) is 11.0 Å². The van der Waals surface area contributed by atoms with Crippen LogP contribution in [0.2, 0.25) is 0 Å². The van der Waals surface area contributed by atoms with Crippen molar-refractivity contribution in [3.8, 4) is 0 Å². The Morgan fingerprint density at radius 2 is 1.83 bits per heavy atom. The molecule has 0 amide bonds. The van der Waals surface area contributed by atoms with Gasteiger partial charge in [0, 0.05) is 6.54 Å². The van der Waals surface area contributed by atoms with Crippen LogP contribution in [-0.4, -0.2) is 37.2 Å². The van der Waals surface area contributed by atoms with Crippen molar-refractivity contribution in [2.75, 3.05) is 26.8 Å². The van der Waals surface area contributed by atoms with Crippen molar-refractivity contribution >= 4 is 0 Å². The van der Waals surface area contributed by atoms with E-state index >= 15 is 0 Å². The lowest BCUT2D eigenvalue weighted by Crippen LogP contribution is -2.60. The molecule has 0 aromatic heterocycles. The van der Waals surface area contributed by atoms with Gasteiger partial charge in [-0.05, 0) is 19.4 Å². The number of hydrogen-bond donors (Lipinski definition) is 0. The predicted molar refractivity (Wildman–Crippen MR) is 51.3 cm³/mol. The van der Waals surface area contributed by atoms with Crippen molar-refractivity contribution < 1.29 is 4.74 Å². The summed E-state index contributed by atoms with van der Waals surface area (Å²) >= 11 is 0. The first-order valence-corrected chi connectivity index (χ1v) is 4.63. The number of ether oxygens (including phenoxy) is 1. The quantitative estimate of drug-likeness (QED) is 0.627. The Hall–Kier alpha value is -0.0800. The SMILES string of the molecule is CN(CC(C)(C)C)C1(C)COC1. The third kappa shape index (κ3) is 2.20. The topological polar surface area (TPSA) is 12.5 Å². The van der Waals surface area contributed by atoms with Crippen LogP contribution in [0.1, 0.15) is 27.7 Å². The summed E-state index contributed by atoms with van der Waals surface area (Å²) in [7, 11) is 2.19. The highest BCUT2D eigenvalue weighted by Crippen LogP contribution is 2.26. The molecule has 0 saturated carbocycles. The van der Waals surface area contributed by atoms with Gasteiger partial charge in [0.1, 0.15) is 0 Å². The molecule has 0 unspecified atom stereocenters. The number of rotatable bonds is 2.